The first-order chi connectivity index (χ1) is 6.78. The molecule has 82 valence electrons. The van der Waals surface area contributed by atoms with E-state index < -0.39 is 0 Å². The Bertz CT molecular complexity index is 171. The van der Waals surface area contributed by atoms with Crippen molar-refractivity contribution in [1.29, 1.82) is 0 Å². The Hall–Kier alpha value is -0.120. The zero-order valence-corrected chi connectivity index (χ0v) is 9.28. The highest BCUT2D eigenvalue weighted by atomic mass is 15.2. The lowest BCUT2D eigenvalue weighted by molar-refractivity contribution is 0.0636. The van der Waals surface area contributed by atoms with E-state index in [1.54, 1.807) is 0 Å². The van der Waals surface area contributed by atoms with E-state index in [1.165, 1.54) is 45.6 Å². The zero-order chi connectivity index (χ0) is 9.97. The summed E-state index contributed by atoms with van der Waals surface area (Å²) in [7, 11) is 2.21. The van der Waals surface area contributed by atoms with Gasteiger partial charge in [0.1, 0.15) is 0 Å². The predicted octanol–water partition coefficient (Wildman–Crippen LogP) is 0.219. The maximum absolute atomic E-state index is 5.53. The topological polar surface area (TPSA) is 32.5 Å². The highest BCUT2D eigenvalue weighted by Gasteiger charge is 2.28. The number of nitrogens with two attached hydrogens (primary N) is 1. The molecule has 0 radical (unpaired) electrons. The van der Waals surface area contributed by atoms with Gasteiger partial charge in [-0.05, 0) is 44.8 Å². The van der Waals surface area contributed by atoms with E-state index in [1.807, 2.05) is 0 Å². The van der Waals surface area contributed by atoms with Crippen LogP contribution in [0.15, 0.2) is 0 Å². The average molecular weight is 197 g/mol. The third-order valence-electron chi connectivity index (χ3n) is 3.60. The van der Waals surface area contributed by atoms with E-state index in [2.05, 4.69) is 16.8 Å². The van der Waals surface area contributed by atoms with Crippen LogP contribution in [0.4, 0.5) is 0 Å². The Morgan fingerprint density at radius 3 is 2.29 bits per heavy atom. The molecule has 0 bridgehead atoms. The minimum Gasteiger partial charge on any atom is -0.330 e. The van der Waals surface area contributed by atoms with Gasteiger partial charge in [0.2, 0.25) is 0 Å². The van der Waals surface area contributed by atoms with Crippen LogP contribution in [0.25, 0.3) is 0 Å². The highest BCUT2D eigenvalue weighted by molar-refractivity contribution is 4.83. The molecule has 0 amide bonds. The van der Waals surface area contributed by atoms with Crippen LogP contribution in [0.5, 0.6) is 0 Å². The predicted molar refractivity (Wildman–Crippen MR) is 59.2 cm³/mol. The maximum atomic E-state index is 5.53. The van der Waals surface area contributed by atoms with Crippen LogP contribution in [0.2, 0.25) is 0 Å². The first-order valence-electron chi connectivity index (χ1n) is 5.89. The van der Waals surface area contributed by atoms with Crippen LogP contribution in [0.1, 0.15) is 12.8 Å². The molecule has 2 rings (SSSR count). The summed E-state index contributed by atoms with van der Waals surface area (Å²) in [4.78, 5) is 4.98. The van der Waals surface area contributed by atoms with Gasteiger partial charge < -0.3 is 15.5 Å². The molecule has 2 fully saturated rings. The van der Waals surface area contributed by atoms with Gasteiger partial charge in [-0.15, -0.1) is 0 Å². The van der Waals surface area contributed by atoms with Crippen molar-refractivity contribution >= 4 is 0 Å². The summed E-state index contributed by atoms with van der Waals surface area (Å²) in [6.07, 6.45) is 2.63. The van der Waals surface area contributed by atoms with Gasteiger partial charge in [-0.2, -0.15) is 0 Å². The van der Waals surface area contributed by atoms with Crippen LogP contribution >= 0.6 is 0 Å². The summed E-state index contributed by atoms with van der Waals surface area (Å²) in [6.45, 7) is 7.44. The van der Waals surface area contributed by atoms with E-state index in [0.29, 0.717) is 0 Å². The summed E-state index contributed by atoms with van der Waals surface area (Å²) in [5.41, 5.74) is 5.53. The number of rotatable bonds is 5. The summed E-state index contributed by atoms with van der Waals surface area (Å²) in [5.74, 6) is 1.89. The monoisotopic (exact) mass is 197 g/mol. The molecule has 0 saturated carbocycles. The van der Waals surface area contributed by atoms with Gasteiger partial charge in [-0.3, -0.25) is 0 Å². The van der Waals surface area contributed by atoms with Gasteiger partial charge in [-0.1, -0.05) is 0 Å². The zero-order valence-electron chi connectivity index (χ0n) is 9.28. The second kappa shape index (κ2) is 4.60. The third-order valence-corrected chi connectivity index (χ3v) is 3.60. The lowest BCUT2D eigenvalue weighted by Gasteiger charge is -2.42. The molecule has 0 unspecified atom stereocenters. The van der Waals surface area contributed by atoms with E-state index in [-0.39, 0.29) is 0 Å². The molecule has 2 saturated heterocycles. The maximum Gasteiger partial charge on any atom is 0.00225 e. The van der Waals surface area contributed by atoms with Gasteiger partial charge >= 0.3 is 0 Å². The number of likely N-dealkylation sites (tertiary alicyclic amines) is 2. The van der Waals surface area contributed by atoms with Crippen molar-refractivity contribution in [3.63, 3.8) is 0 Å². The van der Waals surface area contributed by atoms with Crippen molar-refractivity contribution in [3.8, 4) is 0 Å². The van der Waals surface area contributed by atoms with Crippen LogP contribution < -0.4 is 5.73 Å². The molecule has 2 heterocycles. The first kappa shape index (κ1) is 10.4. The van der Waals surface area contributed by atoms with Gasteiger partial charge in [-0.25, -0.2) is 0 Å². The summed E-state index contributed by atoms with van der Waals surface area (Å²) in [5, 5.41) is 0. The van der Waals surface area contributed by atoms with Crippen LogP contribution in [0.3, 0.4) is 0 Å². The molecule has 0 aliphatic carbocycles. The van der Waals surface area contributed by atoms with Crippen molar-refractivity contribution in [3.05, 3.63) is 0 Å². The number of hydrogen-bond donors (Lipinski definition) is 1. The highest BCUT2D eigenvalue weighted by Crippen LogP contribution is 2.22. The molecule has 2 aliphatic heterocycles. The van der Waals surface area contributed by atoms with Crippen molar-refractivity contribution in [2.45, 2.75) is 12.8 Å². The van der Waals surface area contributed by atoms with Gasteiger partial charge in [0.15, 0.2) is 0 Å². The largest absolute Gasteiger partial charge is 0.330 e. The number of nitrogens with zero attached hydrogens (tertiary/aromatic N) is 2. The van der Waals surface area contributed by atoms with Crippen molar-refractivity contribution < 1.29 is 0 Å². The minimum atomic E-state index is 0.867. The molecule has 3 heteroatoms. The molecule has 2 N–H and O–H groups in total. The number of hydrogen-bond acceptors (Lipinski definition) is 3. The Kier molecular flexibility index (Phi) is 3.42. The normalized spacial score (nSPS) is 26.1. The molecule has 0 spiro atoms. The van der Waals surface area contributed by atoms with Gasteiger partial charge in [0, 0.05) is 26.2 Å². The lowest BCUT2D eigenvalue weighted by atomic mass is 9.93. The Balaban J connectivity index is 1.48. The van der Waals surface area contributed by atoms with Crippen molar-refractivity contribution in [2.75, 3.05) is 46.3 Å². The summed E-state index contributed by atoms with van der Waals surface area (Å²) < 4.78 is 0. The molecule has 3 nitrogen and oxygen atoms in total. The molecule has 0 aromatic heterocycles. The minimum absolute atomic E-state index is 0.867. The van der Waals surface area contributed by atoms with Gasteiger partial charge in [0.25, 0.3) is 0 Å². The SMILES string of the molecule is CN1CC(CCN2CC(CCN)C2)C1. The van der Waals surface area contributed by atoms with Crippen LogP contribution in [-0.4, -0.2) is 56.1 Å². The smallest absolute Gasteiger partial charge is 0.00225 e. The summed E-state index contributed by atoms with van der Waals surface area (Å²) >= 11 is 0. The summed E-state index contributed by atoms with van der Waals surface area (Å²) in [6, 6.07) is 0. The fourth-order valence-corrected chi connectivity index (χ4v) is 2.65. The molecular formula is C11H23N3. The second-order valence-corrected chi connectivity index (χ2v) is 5.08. The molecule has 0 aromatic carbocycles. The Morgan fingerprint density at radius 2 is 1.71 bits per heavy atom. The van der Waals surface area contributed by atoms with Gasteiger partial charge in [0.05, 0.1) is 0 Å². The van der Waals surface area contributed by atoms with Crippen LogP contribution in [-0.2, 0) is 0 Å². The quantitative estimate of drug-likeness (QED) is 0.684. The average Bonchev–Trinajstić information content (AvgIpc) is 2.04. The molecule has 0 atom stereocenters. The van der Waals surface area contributed by atoms with Crippen molar-refractivity contribution in [2.24, 2.45) is 17.6 Å². The van der Waals surface area contributed by atoms with E-state index >= 15 is 0 Å². The second-order valence-electron chi connectivity index (χ2n) is 5.08. The standard InChI is InChI=1S/C11H23N3/c1-13-6-11(7-13)3-5-14-8-10(9-14)2-4-12/h10-11H,2-9,12H2,1H3. The fraction of sp³-hybridized carbons (Fsp3) is 1.00. The first-order valence-corrected chi connectivity index (χ1v) is 5.89. The lowest BCUT2D eigenvalue weighted by Crippen LogP contribution is -2.50. The molecule has 0 aromatic rings. The van der Waals surface area contributed by atoms with Crippen molar-refractivity contribution in [1.82, 2.24) is 9.80 Å². The molecule has 14 heavy (non-hydrogen) atoms. The Morgan fingerprint density at radius 1 is 1.07 bits per heavy atom. The van der Waals surface area contributed by atoms with E-state index in [0.717, 1.165) is 18.4 Å². The Labute approximate surface area is 87.2 Å². The molecule has 2 aliphatic rings. The van der Waals surface area contributed by atoms with E-state index in [9.17, 15) is 0 Å². The molecular weight excluding hydrogens is 174 g/mol. The van der Waals surface area contributed by atoms with E-state index in [4.69, 9.17) is 5.73 Å². The fourth-order valence-electron chi connectivity index (χ4n) is 2.65. The third kappa shape index (κ3) is 2.47. The van der Waals surface area contributed by atoms with Crippen LogP contribution in [0, 0.1) is 11.8 Å².